The smallest absolute Gasteiger partial charge is 0.311 e. The van der Waals surface area contributed by atoms with Gasteiger partial charge in [0.15, 0.2) is 0 Å². The van der Waals surface area contributed by atoms with Gasteiger partial charge in [-0.3, -0.25) is 9.59 Å². The number of hydrogen-bond acceptors (Lipinski definition) is 2. The van der Waals surface area contributed by atoms with E-state index in [1.54, 1.807) is 6.08 Å². The van der Waals surface area contributed by atoms with Gasteiger partial charge in [-0.05, 0) is 37.0 Å². The fourth-order valence-corrected chi connectivity index (χ4v) is 1.87. The van der Waals surface area contributed by atoms with Crippen molar-refractivity contribution in [3.05, 3.63) is 41.5 Å². The molecule has 1 aromatic rings. The Bertz CT molecular complexity index is 530. The number of nitrogens with one attached hydrogen (secondary N) is 1. The molecule has 1 fully saturated rings. The highest BCUT2D eigenvalue weighted by molar-refractivity contribution is 5.92. The highest BCUT2D eigenvalue weighted by atomic mass is 16.4. The predicted molar refractivity (Wildman–Crippen MR) is 72.5 cm³/mol. The normalized spacial score (nSPS) is 16.3. The molecule has 0 aliphatic heterocycles. The number of carbonyl (C=O) groups excluding carboxylic acids is 1. The monoisotopic (exact) mass is 259 g/mol. The molecule has 0 radical (unpaired) electrons. The van der Waals surface area contributed by atoms with E-state index in [4.69, 9.17) is 5.11 Å². The fraction of sp³-hybridized carbons (Fsp3) is 0.333. The van der Waals surface area contributed by atoms with Crippen molar-refractivity contribution in [1.82, 2.24) is 5.32 Å². The van der Waals surface area contributed by atoms with E-state index in [0.717, 1.165) is 11.1 Å². The predicted octanol–water partition coefficient (Wildman–Crippen LogP) is 1.99. The Morgan fingerprint density at radius 1 is 1.37 bits per heavy atom. The van der Waals surface area contributed by atoms with Crippen LogP contribution in [0.2, 0.25) is 0 Å². The highest BCUT2D eigenvalue weighted by Crippen LogP contribution is 2.45. The third-order valence-corrected chi connectivity index (χ3v) is 3.51. The van der Waals surface area contributed by atoms with Crippen LogP contribution in [-0.4, -0.2) is 23.5 Å². The molecule has 1 saturated carbocycles. The van der Waals surface area contributed by atoms with Crippen LogP contribution in [0.1, 0.15) is 24.0 Å². The Kier molecular flexibility index (Phi) is 3.69. The van der Waals surface area contributed by atoms with E-state index in [1.807, 2.05) is 31.2 Å². The summed E-state index contributed by atoms with van der Waals surface area (Å²) >= 11 is 0. The number of aliphatic carboxylic acids is 1. The summed E-state index contributed by atoms with van der Waals surface area (Å²) in [5.41, 5.74) is 1.36. The van der Waals surface area contributed by atoms with Crippen LogP contribution in [0.25, 0.3) is 6.08 Å². The summed E-state index contributed by atoms with van der Waals surface area (Å²) < 4.78 is 0. The van der Waals surface area contributed by atoms with Crippen LogP contribution >= 0.6 is 0 Å². The Morgan fingerprint density at radius 3 is 2.63 bits per heavy atom. The number of benzene rings is 1. The molecule has 4 heteroatoms. The third kappa shape index (κ3) is 3.22. The van der Waals surface area contributed by atoms with Crippen LogP contribution in [0.3, 0.4) is 0 Å². The molecule has 2 N–H and O–H groups in total. The molecule has 100 valence electrons. The zero-order valence-corrected chi connectivity index (χ0v) is 10.8. The van der Waals surface area contributed by atoms with E-state index in [-0.39, 0.29) is 12.5 Å². The third-order valence-electron chi connectivity index (χ3n) is 3.51. The van der Waals surface area contributed by atoms with Crippen molar-refractivity contribution in [3.8, 4) is 0 Å². The topological polar surface area (TPSA) is 66.4 Å². The van der Waals surface area contributed by atoms with Gasteiger partial charge in [-0.1, -0.05) is 24.3 Å². The first-order valence-electron chi connectivity index (χ1n) is 6.28. The van der Waals surface area contributed by atoms with E-state index < -0.39 is 11.4 Å². The maximum atomic E-state index is 11.6. The van der Waals surface area contributed by atoms with Crippen molar-refractivity contribution in [2.75, 3.05) is 6.54 Å². The SMILES string of the molecule is Cc1ccccc1/C=C/C(=O)NCC1(C(=O)O)CC1. The lowest BCUT2D eigenvalue weighted by molar-refractivity contribution is -0.143. The number of amides is 1. The summed E-state index contributed by atoms with van der Waals surface area (Å²) in [5, 5.41) is 11.6. The summed E-state index contributed by atoms with van der Waals surface area (Å²) in [6.45, 7) is 2.18. The molecule has 0 saturated heterocycles. The van der Waals surface area contributed by atoms with Crippen LogP contribution in [0.15, 0.2) is 30.3 Å². The Morgan fingerprint density at radius 2 is 2.05 bits per heavy atom. The van der Waals surface area contributed by atoms with E-state index in [2.05, 4.69) is 5.32 Å². The maximum absolute atomic E-state index is 11.6. The quantitative estimate of drug-likeness (QED) is 0.795. The van der Waals surface area contributed by atoms with Gasteiger partial charge in [-0.15, -0.1) is 0 Å². The van der Waals surface area contributed by atoms with Crippen molar-refractivity contribution < 1.29 is 14.7 Å². The van der Waals surface area contributed by atoms with E-state index >= 15 is 0 Å². The Balaban J connectivity index is 1.88. The number of carbonyl (C=O) groups is 2. The molecule has 0 unspecified atom stereocenters. The molecule has 4 nitrogen and oxygen atoms in total. The molecular weight excluding hydrogens is 242 g/mol. The van der Waals surface area contributed by atoms with Gasteiger partial charge in [0.25, 0.3) is 0 Å². The van der Waals surface area contributed by atoms with E-state index in [0.29, 0.717) is 12.8 Å². The molecule has 1 aromatic carbocycles. The van der Waals surface area contributed by atoms with Gasteiger partial charge in [0.2, 0.25) is 5.91 Å². The standard InChI is InChI=1S/C15H17NO3/c1-11-4-2-3-5-12(11)6-7-13(17)16-10-15(8-9-15)14(18)19/h2-7H,8-10H2,1H3,(H,16,17)(H,18,19)/b7-6+. The van der Waals surface area contributed by atoms with Gasteiger partial charge < -0.3 is 10.4 Å². The summed E-state index contributed by atoms with van der Waals surface area (Å²) in [5.74, 6) is -1.08. The van der Waals surface area contributed by atoms with Crippen LogP contribution in [0.4, 0.5) is 0 Å². The number of hydrogen-bond donors (Lipinski definition) is 2. The van der Waals surface area contributed by atoms with Gasteiger partial charge in [0.1, 0.15) is 0 Å². The molecular formula is C15H17NO3. The molecule has 1 aliphatic carbocycles. The molecule has 0 aromatic heterocycles. The average Bonchev–Trinajstić information content (AvgIpc) is 3.16. The van der Waals surface area contributed by atoms with Crippen molar-refractivity contribution >= 4 is 18.0 Å². The first kappa shape index (κ1) is 13.3. The zero-order valence-electron chi connectivity index (χ0n) is 10.8. The summed E-state index contributed by atoms with van der Waals surface area (Å²) in [7, 11) is 0. The van der Waals surface area contributed by atoms with Crippen LogP contribution in [0, 0.1) is 12.3 Å². The second kappa shape index (κ2) is 5.26. The maximum Gasteiger partial charge on any atom is 0.311 e. The molecule has 1 aliphatic rings. The molecule has 0 spiro atoms. The van der Waals surface area contributed by atoms with E-state index in [9.17, 15) is 9.59 Å². The first-order chi connectivity index (χ1) is 9.03. The van der Waals surface area contributed by atoms with Gasteiger partial charge in [-0.2, -0.15) is 0 Å². The van der Waals surface area contributed by atoms with Crippen LogP contribution in [-0.2, 0) is 9.59 Å². The lowest BCUT2D eigenvalue weighted by Gasteiger charge is -2.09. The Hall–Kier alpha value is -2.10. The van der Waals surface area contributed by atoms with Crippen molar-refractivity contribution in [1.29, 1.82) is 0 Å². The van der Waals surface area contributed by atoms with Crippen molar-refractivity contribution in [2.24, 2.45) is 5.41 Å². The van der Waals surface area contributed by atoms with Gasteiger partial charge in [-0.25, -0.2) is 0 Å². The van der Waals surface area contributed by atoms with Gasteiger partial charge in [0.05, 0.1) is 5.41 Å². The largest absolute Gasteiger partial charge is 0.481 e. The molecule has 0 bridgehead atoms. The fourth-order valence-electron chi connectivity index (χ4n) is 1.87. The average molecular weight is 259 g/mol. The van der Waals surface area contributed by atoms with E-state index in [1.165, 1.54) is 6.08 Å². The second-order valence-electron chi connectivity index (χ2n) is 4.99. The minimum Gasteiger partial charge on any atom is -0.481 e. The van der Waals surface area contributed by atoms with Crippen molar-refractivity contribution in [2.45, 2.75) is 19.8 Å². The first-order valence-corrected chi connectivity index (χ1v) is 6.28. The number of aryl methyl sites for hydroxylation is 1. The minimum atomic E-state index is -0.823. The number of rotatable bonds is 5. The number of carboxylic acids is 1. The van der Waals surface area contributed by atoms with Gasteiger partial charge in [0, 0.05) is 12.6 Å². The summed E-state index contributed by atoms with van der Waals surface area (Å²) in [4.78, 5) is 22.6. The molecule has 0 atom stereocenters. The lowest BCUT2D eigenvalue weighted by Crippen LogP contribution is -2.33. The molecule has 2 rings (SSSR count). The zero-order chi connectivity index (χ0) is 13.9. The molecule has 0 heterocycles. The second-order valence-corrected chi connectivity index (χ2v) is 4.99. The summed E-state index contributed by atoms with van der Waals surface area (Å²) in [6.07, 6.45) is 4.47. The lowest BCUT2D eigenvalue weighted by atomic mass is 10.1. The Labute approximate surface area is 112 Å². The molecule has 1 amide bonds. The van der Waals surface area contributed by atoms with Crippen molar-refractivity contribution in [3.63, 3.8) is 0 Å². The molecule has 19 heavy (non-hydrogen) atoms. The summed E-state index contributed by atoms with van der Waals surface area (Å²) in [6, 6.07) is 7.75. The highest BCUT2D eigenvalue weighted by Gasteiger charge is 2.50. The van der Waals surface area contributed by atoms with Crippen LogP contribution < -0.4 is 5.32 Å². The minimum absolute atomic E-state index is 0.208. The number of carboxylic acid groups (broad SMARTS) is 1. The van der Waals surface area contributed by atoms with Crippen LogP contribution in [0.5, 0.6) is 0 Å². The van der Waals surface area contributed by atoms with Gasteiger partial charge >= 0.3 is 5.97 Å².